The van der Waals surface area contributed by atoms with E-state index in [-0.39, 0.29) is 24.8 Å². The van der Waals surface area contributed by atoms with Crippen molar-refractivity contribution in [2.45, 2.75) is 26.2 Å². The molecule has 3 heteroatoms. The summed E-state index contributed by atoms with van der Waals surface area (Å²) < 4.78 is 1.64. The summed E-state index contributed by atoms with van der Waals surface area (Å²) in [7, 11) is 0. The number of hydrogen-bond acceptors (Lipinski definition) is 0. The predicted molar refractivity (Wildman–Crippen MR) is 51.9 cm³/mol. The first-order valence-corrected chi connectivity index (χ1v) is 6.06. The molecule has 0 heterocycles. The number of halogens is 2. The molecule has 0 spiro atoms. The van der Waals surface area contributed by atoms with Crippen molar-refractivity contribution in [3.8, 4) is 0 Å². The normalized spacial score (nSPS) is 18.3. The Labute approximate surface area is 119 Å². The van der Waals surface area contributed by atoms with Gasteiger partial charge in [0.15, 0.2) is 0 Å². The van der Waals surface area contributed by atoms with Gasteiger partial charge in [-0.25, -0.2) is 0 Å². The van der Waals surface area contributed by atoms with Crippen molar-refractivity contribution in [2.75, 3.05) is 0 Å². The van der Waals surface area contributed by atoms with Gasteiger partial charge in [-0.05, 0) is 0 Å². The van der Waals surface area contributed by atoms with Crippen LogP contribution in [0.4, 0.5) is 0 Å². The van der Waals surface area contributed by atoms with E-state index < -0.39 is 0 Å². The molecule has 0 fully saturated rings. The van der Waals surface area contributed by atoms with Crippen LogP contribution in [0.3, 0.4) is 0 Å². The molecule has 0 saturated heterocycles. The van der Waals surface area contributed by atoms with Crippen LogP contribution in [0.1, 0.15) is 26.2 Å². The first-order valence-electron chi connectivity index (χ1n) is 4.83. The summed E-state index contributed by atoms with van der Waals surface area (Å²) in [6.45, 7) is 2.25. The second-order valence-electron chi connectivity index (χ2n) is 3.46. The van der Waals surface area contributed by atoms with E-state index in [0.717, 1.165) is 6.42 Å². The monoisotopic (exact) mass is 317 g/mol. The molecule has 0 amide bonds. The second kappa shape index (κ2) is 6.89. The largest absolute Gasteiger partial charge is 1.00 e. The first-order chi connectivity index (χ1) is 6.33. The van der Waals surface area contributed by atoms with Crippen molar-refractivity contribution in [1.82, 2.24) is 0 Å². The maximum atomic E-state index is 2.40. The van der Waals surface area contributed by atoms with E-state index in [1.54, 1.807) is 39.1 Å². The molecule has 2 rings (SSSR count). The standard InChI is InChI=1S/C12H13.2ClH.Zr/c1-2-10-8-5-9-12(10)11-6-3-4-7-11;;;/h3-4,6,8H,2,5,7H2,1H3;2*1H;/q;;;+2/p-2. The third-order valence-electron chi connectivity index (χ3n) is 2.65. The number of rotatable bonds is 2. The fourth-order valence-corrected chi connectivity index (χ4v) is 3.02. The van der Waals surface area contributed by atoms with Crippen LogP contribution in [0, 0.1) is 0 Å². The van der Waals surface area contributed by atoms with Crippen molar-refractivity contribution in [3.05, 3.63) is 44.3 Å². The maximum Gasteiger partial charge on any atom is -1.00 e. The van der Waals surface area contributed by atoms with Gasteiger partial charge in [0.05, 0.1) is 0 Å². The Morgan fingerprint density at radius 1 is 1.27 bits per heavy atom. The predicted octanol–water partition coefficient (Wildman–Crippen LogP) is -2.58. The van der Waals surface area contributed by atoms with Gasteiger partial charge >= 0.3 is 95.2 Å². The van der Waals surface area contributed by atoms with Crippen LogP contribution >= 0.6 is 0 Å². The van der Waals surface area contributed by atoms with Gasteiger partial charge in [0.1, 0.15) is 0 Å². The molecule has 0 saturated carbocycles. The van der Waals surface area contributed by atoms with Crippen molar-refractivity contribution >= 4 is 0 Å². The molecule has 0 radical (unpaired) electrons. The molecule has 79 valence electrons. The van der Waals surface area contributed by atoms with E-state index in [4.69, 9.17) is 0 Å². The topological polar surface area (TPSA) is 0 Å². The van der Waals surface area contributed by atoms with Crippen LogP contribution in [-0.4, -0.2) is 0 Å². The zero-order chi connectivity index (χ0) is 9.26. The average molecular weight is 319 g/mol. The fourth-order valence-electron chi connectivity index (χ4n) is 1.98. The molecule has 0 aromatic rings. The molecule has 15 heavy (non-hydrogen) atoms. The van der Waals surface area contributed by atoms with Gasteiger partial charge in [-0.1, -0.05) is 0 Å². The molecule has 0 unspecified atom stereocenters. The van der Waals surface area contributed by atoms with E-state index in [1.807, 2.05) is 0 Å². The summed E-state index contributed by atoms with van der Waals surface area (Å²) in [5.41, 5.74) is 4.70. The molecule has 0 aromatic carbocycles. The third-order valence-corrected chi connectivity index (χ3v) is 3.77. The molecular weight excluding hydrogens is 306 g/mol. The molecule has 0 bridgehead atoms. The third kappa shape index (κ3) is 3.19. The van der Waals surface area contributed by atoms with Crippen molar-refractivity contribution < 1.29 is 49.5 Å². The van der Waals surface area contributed by atoms with Gasteiger partial charge in [-0.3, -0.25) is 0 Å². The average Bonchev–Trinajstić information content (AvgIpc) is 2.72. The molecule has 0 nitrogen and oxygen atoms in total. The summed E-state index contributed by atoms with van der Waals surface area (Å²) in [4.78, 5) is 0. The van der Waals surface area contributed by atoms with Gasteiger partial charge < -0.3 is 24.8 Å². The van der Waals surface area contributed by atoms with E-state index in [9.17, 15) is 0 Å². The Morgan fingerprint density at radius 2 is 2.00 bits per heavy atom. The summed E-state index contributed by atoms with van der Waals surface area (Å²) in [6, 6.07) is 0. The number of hydrogen-bond donors (Lipinski definition) is 0. The van der Waals surface area contributed by atoms with Crippen LogP contribution in [-0.2, 0) is 24.7 Å². The Hall–Kier alpha value is 0.423. The maximum absolute atomic E-state index is 2.40. The SMILES string of the molecule is CCC1=CC[C]([Zr+2])=C1C1=CC=CC1.[Cl-].[Cl-]. The van der Waals surface area contributed by atoms with Gasteiger partial charge in [0.2, 0.25) is 0 Å². The van der Waals surface area contributed by atoms with Crippen molar-refractivity contribution in [2.24, 2.45) is 0 Å². The zero-order valence-electron chi connectivity index (χ0n) is 8.69. The summed E-state index contributed by atoms with van der Waals surface area (Å²) >= 11 is 1.59. The molecule has 0 aromatic heterocycles. The minimum absolute atomic E-state index is 0. The van der Waals surface area contributed by atoms with Crippen LogP contribution in [0.15, 0.2) is 44.3 Å². The van der Waals surface area contributed by atoms with Gasteiger partial charge in [0.25, 0.3) is 0 Å². The van der Waals surface area contributed by atoms with Gasteiger partial charge in [-0.2, -0.15) is 0 Å². The Balaban J connectivity index is 0.000000980. The quantitative estimate of drug-likeness (QED) is 0.525. The zero-order valence-corrected chi connectivity index (χ0v) is 12.7. The molecule has 0 atom stereocenters. The van der Waals surface area contributed by atoms with Crippen molar-refractivity contribution in [1.29, 1.82) is 0 Å². The minimum atomic E-state index is 0. The van der Waals surface area contributed by atoms with E-state index >= 15 is 0 Å². The van der Waals surface area contributed by atoms with Crippen LogP contribution < -0.4 is 24.8 Å². The van der Waals surface area contributed by atoms with Crippen molar-refractivity contribution in [3.63, 3.8) is 0 Å². The fraction of sp³-hybridized carbons (Fsp3) is 0.333. The van der Waals surface area contributed by atoms with Crippen LogP contribution in [0.5, 0.6) is 0 Å². The smallest absolute Gasteiger partial charge is 1.00 e. The Bertz CT molecular complexity index is 349. The van der Waals surface area contributed by atoms with E-state index in [0.29, 0.717) is 0 Å². The molecule has 0 aliphatic heterocycles. The van der Waals surface area contributed by atoms with E-state index in [1.165, 1.54) is 18.4 Å². The Kier molecular flexibility index (Phi) is 7.08. The van der Waals surface area contributed by atoms with Crippen LogP contribution in [0.25, 0.3) is 0 Å². The van der Waals surface area contributed by atoms with E-state index in [2.05, 4.69) is 31.2 Å². The number of allylic oxidation sites excluding steroid dienone is 8. The summed E-state index contributed by atoms with van der Waals surface area (Å²) in [5, 5.41) is 0. The molecule has 2 aliphatic carbocycles. The van der Waals surface area contributed by atoms with Gasteiger partial charge in [-0.15, -0.1) is 0 Å². The summed E-state index contributed by atoms with van der Waals surface area (Å²) in [6.07, 6.45) is 12.6. The summed E-state index contributed by atoms with van der Waals surface area (Å²) in [5.74, 6) is 0. The molecular formula is C12H13Cl2Zr. The minimum Gasteiger partial charge on any atom is -1.00 e. The molecule has 2 aliphatic rings. The Morgan fingerprint density at radius 3 is 2.53 bits per heavy atom. The first kappa shape index (κ1) is 15.4. The molecule has 0 N–H and O–H groups in total. The second-order valence-corrected chi connectivity index (χ2v) is 4.95. The van der Waals surface area contributed by atoms with Gasteiger partial charge in [0, 0.05) is 0 Å². The van der Waals surface area contributed by atoms with Crippen LogP contribution in [0.2, 0.25) is 0 Å².